The SMILES string of the molecule is C[C@@]1(C(=O)NC(Cc2ccc(Oc3ccccc3C#N)cc2)C(=O)O)CCCN1S(=O)(=O)c1cc(Cl)cc(Cl)c1. The summed E-state index contributed by atoms with van der Waals surface area (Å²) in [6.45, 7) is 1.55. The molecule has 1 unspecified atom stereocenters. The fourth-order valence-electron chi connectivity index (χ4n) is 4.57. The lowest BCUT2D eigenvalue weighted by molar-refractivity contribution is -0.143. The Morgan fingerprint density at radius 1 is 1.12 bits per heavy atom. The fraction of sp³-hybridized carbons (Fsp3) is 0.250. The van der Waals surface area contributed by atoms with Gasteiger partial charge in [-0.3, -0.25) is 4.79 Å². The van der Waals surface area contributed by atoms with Gasteiger partial charge in [0.2, 0.25) is 15.9 Å². The lowest BCUT2D eigenvalue weighted by Crippen LogP contribution is -2.58. The summed E-state index contributed by atoms with van der Waals surface area (Å²) in [6, 6.07) is 18.0. The molecule has 12 heteroatoms. The molecule has 40 heavy (non-hydrogen) atoms. The molecule has 2 atom stereocenters. The van der Waals surface area contributed by atoms with Gasteiger partial charge in [-0.15, -0.1) is 0 Å². The van der Waals surface area contributed by atoms with Gasteiger partial charge in [0, 0.05) is 23.0 Å². The van der Waals surface area contributed by atoms with E-state index in [-0.39, 0.29) is 34.3 Å². The predicted molar refractivity (Wildman–Crippen MR) is 149 cm³/mol. The molecule has 3 aromatic carbocycles. The number of nitriles is 1. The van der Waals surface area contributed by atoms with Crippen molar-refractivity contribution in [3.8, 4) is 17.6 Å². The Labute approximate surface area is 241 Å². The maximum atomic E-state index is 13.5. The zero-order valence-electron chi connectivity index (χ0n) is 21.3. The van der Waals surface area contributed by atoms with Gasteiger partial charge in [0.1, 0.15) is 29.1 Å². The van der Waals surface area contributed by atoms with Gasteiger partial charge in [0.25, 0.3) is 0 Å². The van der Waals surface area contributed by atoms with Crippen LogP contribution in [-0.2, 0) is 26.0 Å². The number of nitrogens with zero attached hydrogens (tertiary/aromatic N) is 2. The first kappa shape index (κ1) is 29.4. The van der Waals surface area contributed by atoms with E-state index >= 15 is 0 Å². The molecule has 208 valence electrons. The number of amides is 1. The van der Waals surface area contributed by atoms with Crippen LogP contribution in [0.2, 0.25) is 10.0 Å². The monoisotopic (exact) mass is 601 g/mol. The summed E-state index contributed by atoms with van der Waals surface area (Å²) in [5.74, 6) is -1.16. The number of para-hydroxylation sites is 1. The van der Waals surface area contributed by atoms with Crippen LogP contribution >= 0.6 is 23.2 Å². The van der Waals surface area contributed by atoms with Gasteiger partial charge >= 0.3 is 5.97 Å². The summed E-state index contributed by atoms with van der Waals surface area (Å²) in [5, 5.41) is 21.9. The lowest BCUT2D eigenvalue weighted by atomic mass is 9.97. The number of carbonyl (C=O) groups is 2. The Bertz CT molecular complexity index is 1570. The van der Waals surface area contributed by atoms with Crippen molar-refractivity contribution in [1.29, 1.82) is 5.26 Å². The number of ether oxygens (including phenoxy) is 1. The van der Waals surface area contributed by atoms with Crippen molar-refractivity contribution in [1.82, 2.24) is 9.62 Å². The van der Waals surface area contributed by atoms with Gasteiger partial charge < -0.3 is 15.2 Å². The van der Waals surface area contributed by atoms with E-state index in [1.165, 1.54) is 25.1 Å². The highest BCUT2D eigenvalue weighted by atomic mass is 35.5. The average molecular weight is 602 g/mol. The standard InChI is InChI=1S/C28H25Cl2N3O6S/c1-28(11-4-12-33(28)40(37,38)23-15-20(29)14-21(30)16-23)27(36)32-24(26(34)35)13-18-7-9-22(10-8-18)39-25-6-3-2-5-19(25)17-31/h2-3,5-10,14-16,24H,4,11-13H2,1H3,(H,32,36)(H,34,35)/t24?,28-/m0/s1. The van der Waals surface area contributed by atoms with Crippen molar-refractivity contribution in [2.24, 2.45) is 0 Å². The molecule has 1 aliphatic heterocycles. The predicted octanol–water partition coefficient (Wildman–Crippen LogP) is 5.01. The quantitative estimate of drug-likeness (QED) is 0.351. The number of carboxylic acids is 1. The van der Waals surface area contributed by atoms with Crippen molar-refractivity contribution in [2.75, 3.05) is 6.54 Å². The Balaban J connectivity index is 1.49. The first-order valence-corrected chi connectivity index (χ1v) is 14.4. The third kappa shape index (κ3) is 6.24. The van der Waals surface area contributed by atoms with Gasteiger partial charge in [0.05, 0.1) is 10.5 Å². The molecule has 0 spiro atoms. The lowest BCUT2D eigenvalue weighted by Gasteiger charge is -2.34. The molecule has 4 rings (SSSR count). The minimum absolute atomic E-state index is 0.0527. The molecule has 2 N–H and O–H groups in total. The number of hydrogen-bond donors (Lipinski definition) is 2. The Morgan fingerprint density at radius 2 is 1.77 bits per heavy atom. The smallest absolute Gasteiger partial charge is 0.326 e. The third-order valence-electron chi connectivity index (χ3n) is 6.69. The topological polar surface area (TPSA) is 137 Å². The van der Waals surface area contributed by atoms with Gasteiger partial charge in [-0.1, -0.05) is 47.5 Å². The summed E-state index contributed by atoms with van der Waals surface area (Å²) in [4.78, 5) is 25.4. The number of halogens is 2. The van der Waals surface area contributed by atoms with Crippen LogP contribution < -0.4 is 10.1 Å². The summed E-state index contributed by atoms with van der Waals surface area (Å²) in [5.41, 5.74) is -0.550. The van der Waals surface area contributed by atoms with Crippen molar-refractivity contribution < 1.29 is 27.9 Å². The zero-order chi connectivity index (χ0) is 29.1. The largest absolute Gasteiger partial charge is 0.480 e. The maximum absolute atomic E-state index is 13.5. The number of benzene rings is 3. The first-order valence-electron chi connectivity index (χ1n) is 12.2. The number of sulfonamides is 1. The second kappa shape index (κ2) is 11.9. The normalized spacial score (nSPS) is 18.1. The Hall–Kier alpha value is -3.62. The van der Waals surface area contributed by atoms with Gasteiger partial charge in [-0.05, 0) is 67.8 Å². The molecule has 1 saturated heterocycles. The molecule has 0 radical (unpaired) electrons. The molecule has 0 aromatic heterocycles. The summed E-state index contributed by atoms with van der Waals surface area (Å²) in [6.07, 6.45) is 0.559. The molecule has 1 aliphatic rings. The molecule has 0 saturated carbocycles. The van der Waals surface area contributed by atoms with Crippen LogP contribution in [0.1, 0.15) is 30.9 Å². The van der Waals surface area contributed by atoms with E-state index in [1.54, 1.807) is 48.5 Å². The van der Waals surface area contributed by atoms with Crippen LogP contribution in [0.25, 0.3) is 0 Å². The third-order valence-corrected chi connectivity index (χ3v) is 9.12. The minimum Gasteiger partial charge on any atom is -0.480 e. The van der Waals surface area contributed by atoms with Crippen LogP contribution in [0.3, 0.4) is 0 Å². The zero-order valence-corrected chi connectivity index (χ0v) is 23.6. The van der Waals surface area contributed by atoms with Crippen LogP contribution in [-0.4, -0.2) is 47.8 Å². The highest BCUT2D eigenvalue weighted by Gasteiger charge is 2.50. The molecular formula is C28H25Cl2N3O6S. The van der Waals surface area contributed by atoms with E-state index in [1.807, 2.05) is 0 Å². The number of carbonyl (C=O) groups excluding carboxylic acids is 1. The second-order valence-corrected chi connectivity index (χ2v) is 12.2. The van der Waals surface area contributed by atoms with E-state index in [9.17, 15) is 28.4 Å². The van der Waals surface area contributed by atoms with E-state index in [0.29, 0.717) is 29.0 Å². The summed E-state index contributed by atoms with van der Waals surface area (Å²) in [7, 11) is -4.16. The summed E-state index contributed by atoms with van der Waals surface area (Å²) >= 11 is 12.0. The number of aliphatic carboxylic acids is 1. The molecule has 1 heterocycles. The Morgan fingerprint density at radius 3 is 2.40 bits per heavy atom. The first-order chi connectivity index (χ1) is 18.9. The molecule has 1 amide bonds. The molecule has 0 aliphatic carbocycles. The Kier molecular flexibility index (Phi) is 8.71. The van der Waals surface area contributed by atoms with Crippen LogP contribution in [0.15, 0.2) is 71.6 Å². The molecular weight excluding hydrogens is 577 g/mol. The molecule has 9 nitrogen and oxygen atoms in total. The van der Waals surface area contributed by atoms with Crippen LogP contribution in [0, 0.1) is 11.3 Å². The minimum atomic E-state index is -4.16. The average Bonchev–Trinajstić information content (AvgIpc) is 3.32. The highest BCUT2D eigenvalue weighted by Crippen LogP contribution is 2.36. The fourth-order valence-corrected chi connectivity index (χ4v) is 7.11. The van der Waals surface area contributed by atoms with Crippen molar-refractivity contribution in [2.45, 2.75) is 42.7 Å². The van der Waals surface area contributed by atoms with E-state index in [0.717, 1.165) is 4.31 Å². The summed E-state index contributed by atoms with van der Waals surface area (Å²) < 4.78 is 33.7. The van der Waals surface area contributed by atoms with Gasteiger partial charge in [0.15, 0.2) is 0 Å². The van der Waals surface area contributed by atoms with E-state index < -0.39 is 33.5 Å². The number of nitrogens with one attached hydrogen (secondary N) is 1. The van der Waals surface area contributed by atoms with E-state index in [2.05, 4.69) is 11.4 Å². The molecule has 0 bridgehead atoms. The number of carboxylic acid groups (broad SMARTS) is 1. The van der Waals surface area contributed by atoms with E-state index in [4.69, 9.17) is 27.9 Å². The van der Waals surface area contributed by atoms with Crippen LogP contribution in [0.5, 0.6) is 11.5 Å². The van der Waals surface area contributed by atoms with Crippen LogP contribution in [0.4, 0.5) is 0 Å². The van der Waals surface area contributed by atoms with Gasteiger partial charge in [-0.25, -0.2) is 13.2 Å². The number of rotatable bonds is 9. The second-order valence-electron chi connectivity index (χ2n) is 9.48. The molecule has 1 fully saturated rings. The maximum Gasteiger partial charge on any atom is 0.326 e. The number of hydrogen-bond acceptors (Lipinski definition) is 6. The van der Waals surface area contributed by atoms with Crippen molar-refractivity contribution in [3.05, 3.63) is 87.9 Å². The molecule has 3 aromatic rings. The van der Waals surface area contributed by atoms with Crippen molar-refractivity contribution >= 4 is 45.1 Å². The highest BCUT2D eigenvalue weighted by molar-refractivity contribution is 7.89. The van der Waals surface area contributed by atoms with Crippen molar-refractivity contribution in [3.63, 3.8) is 0 Å². The van der Waals surface area contributed by atoms with Gasteiger partial charge in [-0.2, -0.15) is 9.57 Å².